The molecule has 0 saturated heterocycles. The largest absolute Gasteiger partial charge is 0.408 e. The first-order chi connectivity index (χ1) is 7.46. The van der Waals surface area contributed by atoms with Crippen molar-refractivity contribution in [3.63, 3.8) is 0 Å². The van der Waals surface area contributed by atoms with E-state index in [2.05, 4.69) is 10.2 Å². The number of anilines is 1. The van der Waals surface area contributed by atoms with Gasteiger partial charge in [0.25, 0.3) is 0 Å². The smallest absolute Gasteiger partial charge is 0.318 e. The molecule has 0 aliphatic rings. The molecule has 0 aliphatic heterocycles. The van der Waals surface area contributed by atoms with Crippen molar-refractivity contribution < 1.29 is 9.52 Å². The van der Waals surface area contributed by atoms with Crippen molar-refractivity contribution in [2.75, 3.05) is 23.9 Å². The molecule has 0 radical (unpaired) electrons. The van der Waals surface area contributed by atoms with Crippen LogP contribution in [0.4, 0.5) is 6.01 Å². The Labute approximate surface area is 100 Å². The van der Waals surface area contributed by atoms with Crippen molar-refractivity contribution in [3.05, 3.63) is 5.89 Å². The highest BCUT2D eigenvalue weighted by Gasteiger charge is 2.21. The van der Waals surface area contributed by atoms with Crippen LogP contribution in [0.1, 0.15) is 26.7 Å². The van der Waals surface area contributed by atoms with E-state index in [1.807, 2.05) is 11.8 Å². The summed E-state index contributed by atoms with van der Waals surface area (Å²) in [4.78, 5) is 1.84. The first-order valence-electron chi connectivity index (χ1n) is 5.32. The number of hydrogen-bond acceptors (Lipinski definition) is 5. The van der Waals surface area contributed by atoms with Gasteiger partial charge in [-0.15, -0.1) is 16.7 Å². The predicted octanol–water partition coefficient (Wildman–Crippen LogP) is 1.45. The summed E-state index contributed by atoms with van der Waals surface area (Å²) in [7, 11) is 0. The van der Waals surface area contributed by atoms with Gasteiger partial charge in [-0.2, -0.15) is 0 Å². The second-order valence-corrected chi connectivity index (χ2v) is 4.62. The molecule has 1 N–H and O–H groups in total. The van der Waals surface area contributed by atoms with Gasteiger partial charge in [-0.05, 0) is 20.8 Å². The summed E-state index contributed by atoms with van der Waals surface area (Å²) in [6.45, 7) is 6.60. The van der Waals surface area contributed by atoms with Crippen LogP contribution in [0.15, 0.2) is 4.42 Å². The van der Waals surface area contributed by atoms with Gasteiger partial charge >= 0.3 is 6.01 Å². The van der Waals surface area contributed by atoms with Crippen LogP contribution in [0, 0.1) is 0 Å². The SMILES string of the molecule is CCN(CC(C)(C)O)c1nnc(CCCl)o1. The molecule has 0 amide bonds. The van der Waals surface area contributed by atoms with E-state index in [-0.39, 0.29) is 0 Å². The Morgan fingerprint density at radius 3 is 2.62 bits per heavy atom. The van der Waals surface area contributed by atoms with E-state index in [0.29, 0.717) is 37.3 Å². The molecule has 0 unspecified atom stereocenters. The maximum absolute atomic E-state index is 9.74. The molecule has 0 spiro atoms. The van der Waals surface area contributed by atoms with E-state index in [4.69, 9.17) is 16.0 Å². The molecule has 0 bridgehead atoms. The van der Waals surface area contributed by atoms with Crippen LogP contribution in [0.3, 0.4) is 0 Å². The van der Waals surface area contributed by atoms with Crippen molar-refractivity contribution in [1.29, 1.82) is 0 Å². The third kappa shape index (κ3) is 3.98. The summed E-state index contributed by atoms with van der Waals surface area (Å²) < 4.78 is 5.43. The summed E-state index contributed by atoms with van der Waals surface area (Å²) >= 11 is 5.58. The lowest BCUT2D eigenvalue weighted by atomic mass is 10.1. The Bertz CT molecular complexity index is 322. The monoisotopic (exact) mass is 247 g/mol. The first-order valence-corrected chi connectivity index (χ1v) is 5.85. The number of likely N-dealkylation sites (N-methyl/N-ethyl adjacent to an activating group) is 1. The number of nitrogens with zero attached hydrogens (tertiary/aromatic N) is 3. The van der Waals surface area contributed by atoms with E-state index < -0.39 is 5.60 Å². The molecule has 0 aromatic carbocycles. The van der Waals surface area contributed by atoms with Crippen molar-refractivity contribution in [2.45, 2.75) is 32.8 Å². The first kappa shape index (κ1) is 13.3. The molecule has 6 heteroatoms. The number of halogens is 1. The average Bonchev–Trinajstić information content (AvgIpc) is 2.62. The molecule has 16 heavy (non-hydrogen) atoms. The van der Waals surface area contributed by atoms with Gasteiger partial charge < -0.3 is 14.4 Å². The quantitative estimate of drug-likeness (QED) is 0.771. The molecule has 92 valence electrons. The van der Waals surface area contributed by atoms with Gasteiger partial charge in [0.1, 0.15) is 0 Å². The fourth-order valence-electron chi connectivity index (χ4n) is 1.34. The Hall–Kier alpha value is -0.810. The zero-order valence-electron chi connectivity index (χ0n) is 9.90. The Balaban J connectivity index is 2.71. The number of rotatable bonds is 6. The maximum atomic E-state index is 9.74. The summed E-state index contributed by atoms with van der Waals surface area (Å²) in [5.74, 6) is 0.985. The van der Waals surface area contributed by atoms with Crippen LogP contribution in [0.2, 0.25) is 0 Å². The highest BCUT2D eigenvalue weighted by atomic mass is 35.5. The van der Waals surface area contributed by atoms with E-state index in [9.17, 15) is 5.11 Å². The normalized spacial score (nSPS) is 11.8. The molecule has 1 rings (SSSR count). The van der Waals surface area contributed by atoms with Crippen LogP contribution in [0.5, 0.6) is 0 Å². The maximum Gasteiger partial charge on any atom is 0.318 e. The van der Waals surface area contributed by atoms with Gasteiger partial charge in [0.15, 0.2) is 0 Å². The second-order valence-electron chi connectivity index (χ2n) is 4.24. The minimum atomic E-state index is -0.795. The van der Waals surface area contributed by atoms with Crippen molar-refractivity contribution in [3.8, 4) is 0 Å². The van der Waals surface area contributed by atoms with Crippen LogP contribution >= 0.6 is 11.6 Å². The van der Waals surface area contributed by atoms with E-state index in [1.165, 1.54) is 0 Å². The van der Waals surface area contributed by atoms with Crippen molar-refractivity contribution in [2.24, 2.45) is 0 Å². The number of hydrogen-bond donors (Lipinski definition) is 1. The van der Waals surface area contributed by atoms with E-state index in [1.54, 1.807) is 13.8 Å². The summed E-state index contributed by atoms with van der Waals surface area (Å²) in [6, 6.07) is 0.435. The fourth-order valence-corrected chi connectivity index (χ4v) is 1.50. The summed E-state index contributed by atoms with van der Waals surface area (Å²) in [5, 5.41) is 17.5. The zero-order valence-corrected chi connectivity index (χ0v) is 10.7. The van der Waals surface area contributed by atoms with Gasteiger partial charge in [0, 0.05) is 18.8 Å². The lowest BCUT2D eigenvalue weighted by Crippen LogP contribution is -2.38. The second kappa shape index (κ2) is 5.50. The highest BCUT2D eigenvalue weighted by Crippen LogP contribution is 2.15. The van der Waals surface area contributed by atoms with E-state index >= 15 is 0 Å². The van der Waals surface area contributed by atoms with Gasteiger partial charge in [-0.25, -0.2) is 0 Å². The molecule has 0 atom stereocenters. The van der Waals surface area contributed by atoms with Crippen LogP contribution in [-0.2, 0) is 6.42 Å². The van der Waals surface area contributed by atoms with Crippen molar-refractivity contribution >= 4 is 17.6 Å². The van der Waals surface area contributed by atoms with Gasteiger partial charge in [0.05, 0.1) is 12.1 Å². The van der Waals surface area contributed by atoms with Gasteiger partial charge in [-0.3, -0.25) is 0 Å². The average molecular weight is 248 g/mol. The molecule has 1 heterocycles. The Kier molecular flexibility index (Phi) is 4.56. The number of aryl methyl sites for hydroxylation is 1. The minimum Gasteiger partial charge on any atom is -0.408 e. The van der Waals surface area contributed by atoms with Gasteiger partial charge in [0.2, 0.25) is 5.89 Å². The Morgan fingerprint density at radius 1 is 1.44 bits per heavy atom. The van der Waals surface area contributed by atoms with Crippen molar-refractivity contribution in [1.82, 2.24) is 10.2 Å². The topological polar surface area (TPSA) is 62.4 Å². The molecular weight excluding hydrogens is 230 g/mol. The van der Waals surface area contributed by atoms with Gasteiger partial charge in [-0.1, -0.05) is 5.10 Å². The highest BCUT2D eigenvalue weighted by molar-refractivity contribution is 6.17. The predicted molar refractivity (Wildman–Crippen MR) is 62.9 cm³/mol. The standard InChI is InChI=1S/C10H18ClN3O2/c1-4-14(7-10(2,3)15)9-13-12-8(16-9)5-6-11/h15H,4-7H2,1-3H3. The third-order valence-electron chi connectivity index (χ3n) is 1.99. The number of aliphatic hydroxyl groups is 1. The lowest BCUT2D eigenvalue weighted by molar-refractivity contribution is 0.0863. The third-order valence-corrected chi connectivity index (χ3v) is 2.18. The van der Waals surface area contributed by atoms with Crippen LogP contribution in [0.25, 0.3) is 0 Å². The number of aromatic nitrogens is 2. The molecular formula is C10H18ClN3O2. The molecule has 5 nitrogen and oxygen atoms in total. The minimum absolute atomic E-state index is 0.435. The van der Waals surface area contributed by atoms with Crippen LogP contribution in [-0.4, -0.2) is 39.9 Å². The van der Waals surface area contributed by atoms with E-state index in [0.717, 1.165) is 0 Å². The Morgan fingerprint density at radius 2 is 2.12 bits per heavy atom. The number of alkyl halides is 1. The molecule has 1 aromatic rings. The molecule has 0 saturated carbocycles. The van der Waals surface area contributed by atoms with Crippen LogP contribution < -0.4 is 4.90 Å². The summed E-state index contributed by atoms with van der Waals surface area (Å²) in [5.41, 5.74) is -0.795. The summed E-state index contributed by atoms with van der Waals surface area (Å²) in [6.07, 6.45) is 0.564. The zero-order chi connectivity index (χ0) is 12.2. The molecule has 0 fully saturated rings. The molecule has 0 aliphatic carbocycles. The lowest BCUT2D eigenvalue weighted by Gasteiger charge is -2.26. The fraction of sp³-hybridized carbons (Fsp3) is 0.800. The molecule has 1 aromatic heterocycles.